The standard InChI is InChI=1S/C29H26Cl2N2O6S/c1-17-4-8-21(9-5-17)38-11-10-33-28(35)25(40-29(33)36)14-19-12-23(31)27(24(13-19)37-3)39-16-26(34)32-20-7-6-18(2)22(30)15-20/h4-9,12-15H,10-11,16H2,1-3H3,(H,32,34)/b25-14-. The van der Waals surface area contributed by atoms with Crippen molar-refractivity contribution in [1.29, 1.82) is 0 Å². The van der Waals surface area contributed by atoms with Gasteiger partial charge in [-0.2, -0.15) is 0 Å². The van der Waals surface area contributed by atoms with E-state index in [1.165, 1.54) is 7.11 Å². The number of nitrogens with zero attached hydrogens (tertiary/aromatic N) is 1. The summed E-state index contributed by atoms with van der Waals surface area (Å²) in [6.07, 6.45) is 1.55. The summed E-state index contributed by atoms with van der Waals surface area (Å²) in [7, 11) is 1.43. The van der Waals surface area contributed by atoms with E-state index < -0.39 is 11.8 Å². The zero-order valence-corrected chi connectivity index (χ0v) is 24.3. The Hall–Kier alpha value is -3.66. The first-order valence-electron chi connectivity index (χ1n) is 12.2. The lowest BCUT2D eigenvalue weighted by atomic mass is 10.1. The lowest BCUT2D eigenvalue weighted by Gasteiger charge is -2.14. The maximum Gasteiger partial charge on any atom is 0.293 e. The molecule has 0 bridgehead atoms. The van der Waals surface area contributed by atoms with Crippen LogP contribution in [0.2, 0.25) is 10.0 Å². The van der Waals surface area contributed by atoms with Gasteiger partial charge in [-0.3, -0.25) is 19.3 Å². The highest BCUT2D eigenvalue weighted by atomic mass is 35.5. The topological polar surface area (TPSA) is 94.2 Å². The number of hydrogen-bond donors (Lipinski definition) is 1. The van der Waals surface area contributed by atoms with E-state index in [0.717, 1.165) is 27.8 Å². The fourth-order valence-electron chi connectivity index (χ4n) is 3.70. The van der Waals surface area contributed by atoms with Crippen molar-refractivity contribution in [2.45, 2.75) is 13.8 Å². The number of carbonyl (C=O) groups excluding carboxylic acids is 3. The van der Waals surface area contributed by atoms with Crippen molar-refractivity contribution in [2.24, 2.45) is 0 Å². The number of imide groups is 1. The predicted molar refractivity (Wildman–Crippen MR) is 158 cm³/mol. The van der Waals surface area contributed by atoms with E-state index in [2.05, 4.69) is 5.32 Å². The zero-order valence-electron chi connectivity index (χ0n) is 22.0. The Labute approximate surface area is 246 Å². The smallest absolute Gasteiger partial charge is 0.293 e. The number of thioether (sulfide) groups is 1. The molecule has 0 spiro atoms. The Morgan fingerprint density at radius 1 is 1.00 bits per heavy atom. The van der Waals surface area contributed by atoms with Crippen molar-refractivity contribution in [2.75, 3.05) is 32.2 Å². The lowest BCUT2D eigenvalue weighted by Crippen LogP contribution is -2.32. The van der Waals surface area contributed by atoms with Gasteiger partial charge in [-0.05, 0) is 79.2 Å². The molecule has 1 N–H and O–H groups in total. The van der Waals surface area contributed by atoms with Crippen molar-refractivity contribution in [3.63, 3.8) is 0 Å². The normalized spacial score (nSPS) is 14.0. The largest absolute Gasteiger partial charge is 0.493 e. The number of anilines is 1. The SMILES string of the molecule is COc1cc(/C=C2\SC(=O)N(CCOc3ccc(C)cc3)C2=O)cc(Cl)c1OCC(=O)Nc1ccc(C)c(Cl)c1. The van der Waals surface area contributed by atoms with Crippen LogP contribution in [0.5, 0.6) is 17.2 Å². The summed E-state index contributed by atoms with van der Waals surface area (Å²) in [6, 6.07) is 15.9. The van der Waals surface area contributed by atoms with Crippen molar-refractivity contribution in [3.05, 3.63) is 86.2 Å². The summed E-state index contributed by atoms with van der Waals surface area (Å²) in [5.74, 6) is 0.248. The van der Waals surface area contributed by atoms with Crippen LogP contribution in [0.25, 0.3) is 6.08 Å². The molecule has 0 unspecified atom stereocenters. The van der Waals surface area contributed by atoms with Gasteiger partial charge in [0, 0.05) is 10.7 Å². The lowest BCUT2D eigenvalue weighted by molar-refractivity contribution is -0.123. The average molecular weight is 602 g/mol. The minimum Gasteiger partial charge on any atom is -0.493 e. The summed E-state index contributed by atoms with van der Waals surface area (Å²) in [5, 5.41) is 3.03. The number of halogens is 2. The first-order valence-corrected chi connectivity index (χ1v) is 13.7. The summed E-state index contributed by atoms with van der Waals surface area (Å²) < 4.78 is 16.7. The molecule has 0 aromatic heterocycles. The second-order valence-corrected chi connectivity index (χ2v) is 10.6. The molecule has 40 heavy (non-hydrogen) atoms. The van der Waals surface area contributed by atoms with Crippen LogP contribution in [0.3, 0.4) is 0 Å². The number of aryl methyl sites for hydroxylation is 2. The highest BCUT2D eigenvalue weighted by Crippen LogP contribution is 2.39. The monoisotopic (exact) mass is 600 g/mol. The minimum absolute atomic E-state index is 0.115. The van der Waals surface area contributed by atoms with Gasteiger partial charge in [0.15, 0.2) is 18.1 Å². The number of rotatable bonds is 10. The Balaban J connectivity index is 1.39. The molecule has 0 atom stereocenters. The second kappa shape index (κ2) is 13.1. The third kappa shape index (κ3) is 7.29. The van der Waals surface area contributed by atoms with Gasteiger partial charge < -0.3 is 19.5 Å². The summed E-state index contributed by atoms with van der Waals surface area (Å²) in [5.41, 5.74) is 3.06. The first kappa shape index (κ1) is 29.3. The fourth-order valence-corrected chi connectivity index (χ4v) is 5.02. The van der Waals surface area contributed by atoms with Crippen molar-refractivity contribution < 1.29 is 28.6 Å². The Morgan fingerprint density at radius 3 is 2.45 bits per heavy atom. The number of nitrogens with one attached hydrogen (secondary N) is 1. The maximum atomic E-state index is 12.9. The third-order valence-electron chi connectivity index (χ3n) is 5.83. The van der Waals surface area contributed by atoms with Gasteiger partial charge in [0.25, 0.3) is 17.1 Å². The maximum absolute atomic E-state index is 12.9. The van der Waals surface area contributed by atoms with Crippen LogP contribution >= 0.6 is 35.0 Å². The molecule has 8 nitrogen and oxygen atoms in total. The number of amides is 3. The minimum atomic E-state index is -0.425. The Morgan fingerprint density at radius 2 is 1.75 bits per heavy atom. The molecule has 0 radical (unpaired) electrons. The van der Waals surface area contributed by atoms with E-state index in [0.29, 0.717) is 22.0 Å². The first-order chi connectivity index (χ1) is 19.1. The highest BCUT2D eigenvalue weighted by molar-refractivity contribution is 8.18. The van der Waals surface area contributed by atoms with Crippen LogP contribution in [-0.2, 0) is 9.59 Å². The van der Waals surface area contributed by atoms with Gasteiger partial charge >= 0.3 is 0 Å². The molecular weight excluding hydrogens is 575 g/mol. The predicted octanol–water partition coefficient (Wildman–Crippen LogP) is 6.75. The molecule has 3 aromatic rings. The second-order valence-electron chi connectivity index (χ2n) is 8.83. The fraction of sp³-hybridized carbons (Fsp3) is 0.207. The molecule has 3 aromatic carbocycles. The molecule has 3 amide bonds. The number of benzene rings is 3. The van der Waals surface area contributed by atoms with Crippen LogP contribution in [0.4, 0.5) is 10.5 Å². The van der Waals surface area contributed by atoms with E-state index >= 15 is 0 Å². The molecule has 11 heteroatoms. The Kier molecular flexibility index (Phi) is 9.63. The van der Waals surface area contributed by atoms with Gasteiger partial charge in [0.2, 0.25) is 0 Å². The molecule has 1 aliphatic heterocycles. The zero-order chi connectivity index (χ0) is 28.8. The summed E-state index contributed by atoms with van der Waals surface area (Å²) in [6.45, 7) is 3.80. The van der Waals surface area contributed by atoms with Crippen LogP contribution in [0.1, 0.15) is 16.7 Å². The van der Waals surface area contributed by atoms with Crippen LogP contribution in [-0.4, -0.2) is 48.8 Å². The molecule has 0 aliphatic carbocycles. The molecule has 1 heterocycles. The van der Waals surface area contributed by atoms with Crippen molar-refractivity contribution in [3.8, 4) is 17.2 Å². The van der Waals surface area contributed by atoms with E-state index in [4.69, 9.17) is 37.4 Å². The van der Waals surface area contributed by atoms with E-state index in [9.17, 15) is 14.4 Å². The molecule has 208 valence electrons. The molecule has 1 saturated heterocycles. The number of ether oxygens (including phenoxy) is 3. The number of hydrogen-bond acceptors (Lipinski definition) is 7. The van der Waals surface area contributed by atoms with Gasteiger partial charge in [-0.25, -0.2) is 0 Å². The van der Waals surface area contributed by atoms with E-state index in [-0.39, 0.29) is 46.4 Å². The van der Waals surface area contributed by atoms with Gasteiger partial charge in [-0.1, -0.05) is 47.0 Å². The quantitative estimate of drug-likeness (QED) is 0.257. The molecule has 4 rings (SSSR count). The van der Waals surface area contributed by atoms with Gasteiger partial charge in [-0.15, -0.1) is 0 Å². The Bertz CT molecular complexity index is 1480. The van der Waals surface area contributed by atoms with Crippen molar-refractivity contribution >= 4 is 63.8 Å². The van der Waals surface area contributed by atoms with E-state index in [1.807, 2.05) is 38.1 Å². The molecule has 1 fully saturated rings. The van der Waals surface area contributed by atoms with Gasteiger partial charge in [0.05, 0.1) is 23.6 Å². The number of carbonyl (C=O) groups is 3. The van der Waals surface area contributed by atoms with Crippen LogP contribution in [0, 0.1) is 13.8 Å². The average Bonchev–Trinajstić information content (AvgIpc) is 3.18. The summed E-state index contributed by atoms with van der Waals surface area (Å²) in [4.78, 5) is 39.2. The van der Waals surface area contributed by atoms with Crippen molar-refractivity contribution in [1.82, 2.24) is 4.90 Å². The van der Waals surface area contributed by atoms with Crippen LogP contribution < -0.4 is 19.5 Å². The van der Waals surface area contributed by atoms with E-state index in [1.54, 1.807) is 36.4 Å². The van der Waals surface area contributed by atoms with Gasteiger partial charge in [0.1, 0.15) is 12.4 Å². The molecule has 0 saturated carbocycles. The highest BCUT2D eigenvalue weighted by Gasteiger charge is 2.35. The number of methoxy groups -OCH3 is 1. The molecule has 1 aliphatic rings. The van der Waals surface area contributed by atoms with Crippen LogP contribution in [0.15, 0.2) is 59.5 Å². The summed E-state index contributed by atoms with van der Waals surface area (Å²) >= 11 is 13.4. The third-order valence-corrected chi connectivity index (χ3v) is 7.43. The molecular formula is C29H26Cl2N2O6S.